The molecular formula is C15H22FN3O. The maximum absolute atomic E-state index is 13.7. The van der Waals surface area contributed by atoms with Crippen molar-refractivity contribution in [2.45, 2.75) is 25.3 Å². The molecule has 110 valence electrons. The molecule has 1 atom stereocenters. The van der Waals surface area contributed by atoms with Crippen molar-refractivity contribution in [2.75, 3.05) is 31.9 Å². The number of nitrogens with two attached hydrogens (primary N) is 1. The lowest BCUT2D eigenvalue weighted by atomic mass is 9.97. The highest BCUT2D eigenvalue weighted by Gasteiger charge is 2.32. The van der Waals surface area contributed by atoms with E-state index in [9.17, 15) is 9.50 Å². The molecule has 1 aliphatic carbocycles. The van der Waals surface area contributed by atoms with Crippen LogP contribution >= 0.6 is 0 Å². The number of benzene rings is 1. The minimum atomic E-state index is -0.369. The first kappa shape index (κ1) is 13.6. The summed E-state index contributed by atoms with van der Waals surface area (Å²) in [6.07, 6.45) is 3.47. The quantitative estimate of drug-likeness (QED) is 0.581. The Kier molecular flexibility index (Phi) is 3.81. The number of nitrogen functional groups attached to an aromatic ring is 1. The van der Waals surface area contributed by atoms with Gasteiger partial charge in [0.05, 0.1) is 5.69 Å². The number of rotatable bonds is 4. The van der Waals surface area contributed by atoms with Crippen LogP contribution in [0.4, 0.5) is 10.1 Å². The van der Waals surface area contributed by atoms with Crippen LogP contribution in [0.5, 0.6) is 5.75 Å². The van der Waals surface area contributed by atoms with Gasteiger partial charge in [-0.05, 0) is 18.4 Å². The first-order chi connectivity index (χ1) is 9.65. The lowest BCUT2D eigenvalue weighted by Crippen LogP contribution is -2.45. The van der Waals surface area contributed by atoms with Gasteiger partial charge in [0.15, 0.2) is 0 Å². The third kappa shape index (κ3) is 2.88. The van der Waals surface area contributed by atoms with Crippen LogP contribution in [0, 0.1) is 11.7 Å². The van der Waals surface area contributed by atoms with Crippen molar-refractivity contribution in [3.05, 3.63) is 23.5 Å². The summed E-state index contributed by atoms with van der Waals surface area (Å²) in [6, 6.07) is 2.70. The van der Waals surface area contributed by atoms with Gasteiger partial charge in [0.2, 0.25) is 0 Å². The van der Waals surface area contributed by atoms with Gasteiger partial charge in [-0.25, -0.2) is 4.39 Å². The Hall–Kier alpha value is -1.33. The van der Waals surface area contributed by atoms with Gasteiger partial charge in [0, 0.05) is 43.9 Å². The largest absolute Gasteiger partial charge is 0.505 e. The van der Waals surface area contributed by atoms with Crippen LogP contribution in [0.3, 0.4) is 0 Å². The summed E-state index contributed by atoms with van der Waals surface area (Å²) < 4.78 is 13.7. The molecule has 1 saturated carbocycles. The summed E-state index contributed by atoms with van der Waals surface area (Å²) in [5.41, 5.74) is 6.50. The number of phenols is 1. The Morgan fingerprint density at radius 3 is 2.70 bits per heavy atom. The molecule has 0 unspecified atom stereocenters. The predicted molar refractivity (Wildman–Crippen MR) is 77.0 cm³/mol. The molecule has 4 N–H and O–H groups in total. The van der Waals surface area contributed by atoms with Crippen LogP contribution in [0.2, 0.25) is 0 Å². The second-order valence-electron chi connectivity index (χ2n) is 5.91. The van der Waals surface area contributed by atoms with Gasteiger partial charge in [-0.15, -0.1) is 0 Å². The number of piperazine rings is 1. The van der Waals surface area contributed by atoms with Crippen LogP contribution in [-0.2, 0) is 0 Å². The Bertz CT molecular complexity index is 484. The Balaban J connectivity index is 1.90. The number of nitrogens with one attached hydrogen (secondary N) is 1. The molecule has 0 radical (unpaired) electrons. The number of hydrogen-bond acceptors (Lipinski definition) is 4. The fourth-order valence-corrected chi connectivity index (χ4v) is 3.03. The number of hydrogen-bond donors (Lipinski definition) is 3. The molecule has 0 aromatic heterocycles. The second kappa shape index (κ2) is 5.58. The molecule has 1 saturated heterocycles. The van der Waals surface area contributed by atoms with Gasteiger partial charge in [0.25, 0.3) is 0 Å². The monoisotopic (exact) mass is 279 g/mol. The minimum Gasteiger partial charge on any atom is -0.505 e. The van der Waals surface area contributed by atoms with Gasteiger partial charge in [-0.1, -0.05) is 12.8 Å². The van der Waals surface area contributed by atoms with Crippen molar-refractivity contribution in [2.24, 2.45) is 5.92 Å². The molecule has 0 spiro atoms. The van der Waals surface area contributed by atoms with E-state index in [2.05, 4.69) is 10.2 Å². The van der Waals surface area contributed by atoms with Gasteiger partial charge in [0.1, 0.15) is 11.6 Å². The number of phenolic OH excluding ortho intramolecular Hbond substituents is 1. The zero-order valence-electron chi connectivity index (χ0n) is 11.6. The van der Waals surface area contributed by atoms with E-state index in [1.807, 2.05) is 0 Å². The van der Waals surface area contributed by atoms with Gasteiger partial charge in [-0.2, -0.15) is 0 Å². The standard InChI is InChI=1S/C15H22FN3O/c16-11-8-12(15(20)13(17)9-11)14(7-10-1-2-10)19-5-3-18-4-6-19/h8-10,14,18,20H,1-7,17H2/t14-/m1/s1. The molecular weight excluding hydrogens is 257 g/mol. The summed E-state index contributed by atoms with van der Waals surface area (Å²) in [7, 11) is 0. The molecule has 3 rings (SSSR count). The van der Waals surface area contributed by atoms with Gasteiger partial charge >= 0.3 is 0 Å². The van der Waals surface area contributed by atoms with Crippen molar-refractivity contribution in [1.82, 2.24) is 10.2 Å². The highest BCUT2D eigenvalue weighted by molar-refractivity contribution is 5.57. The van der Waals surface area contributed by atoms with E-state index in [4.69, 9.17) is 5.73 Å². The Labute approximate surface area is 118 Å². The maximum atomic E-state index is 13.7. The Morgan fingerprint density at radius 2 is 2.05 bits per heavy atom. The second-order valence-corrected chi connectivity index (χ2v) is 5.91. The van der Waals surface area contributed by atoms with Crippen LogP contribution in [0.1, 0.15) is 30.9 Å². The highest BCUT2D eigenvalue weighted by Crippen LogP contribution is 2.43. The normalized spacial score (nSPS) is 21.9. The molecule has 0 bridgehead atoms. The first-order valence-electron chi connectivity index (χ1n) is 7.38. The van der Waals surface area contributed by atoms with Crippen molar-refractivity contribution >= 4 is 5.69 Å². The molecule has 5 heteroatoms. The highest BCUT2D eigenvalue weighted by atomic mass is 19.1. The summed E-state index contributed by atoms with van der Waals surface area (Å²) in [5, 5.41) is 13.5. The summed E-state index contributed by atoms with van der Waals surface area (Å²) >= 11 is 0. The SMILES string of the molecule is Nc1cc(F)cc([C@@H](CC2CC2)N2CCNCC2)c1O. The van der Waals surface area contributed by atoms with E-state index >= 15 is 0 Å². The molecule has 4 nitrogen and oxygen atoms in total. The van der Waals surface area contributed by atoms with Crippen LogP contribution in [-0.4, -0.2) is 36.2 Å². The smallest absolute Gasteiger partial charge is 0.143 e. The summed E-state index contributed by atoms with van der Waals surface area (Å²) in [5.74, 6) is 0.389. The molecule has 1 aromatic rings. The summed E-state index contributed by atoms with van der Waals surface area (Å²) in [6.45, 7) is 3.72. The number of nitrogens with zero attached hydrogens (tertiary/aromatic N) is 1. The molecule has 20 heavy (non-hydrogen) atoms. The third-order valence-electron chi connectivity index (χ3n) is 4.34. The zero-order valence-corrected chi connectivity index (χ0v) is 11.6. The third-order valence-corrected chi connectivity index (χ3v) is 4.34. The maximum Gasteiger partial charge on any atom is 0.143 e. The minimum absolute atomic E-state index is 0.0515. The molecule has 1 aliphatic heterocycles. The molecule has 0 amide bonds. The molecule has 2 aliphatic rings. The van der Waals surface area contributed by atoms with E-state index < -0.39 is 0 Å². The predicted octanol–water partition coefficient (Wildman–Crippen LogP) is 1.86. The molecule has 1 aromatic carbocycles. The fraction of sp³-hybridized carbons (Fsp3) is 0.600. The van der Waals surface area contributed by atoms with E-state index in [0.29, 0.717) is 11.5 Å². The van der Waals surface area contributed by atoms with Crippen molar-refractivity contribution in [3.63, 3.8) is 0 Å². The Morgan fingerprint density at radius 1 is 1.35 bits per heavy atom. The van der Waals surface area contributed by atoms with E-state index in [1.165, 1.54) is 25.0 Å². The van der Waals surface area contributed by atoms with E-state index in [1.54, 1.807) is 0 Å². The lowest BCUT2D eigenvalue weighted by Gasteiger charge is -2.35. The average Bonchev–Trinajstić information content (AvgIpc) is 3.25. The zero-order chi connectivity index (χ0) is 14.1. The van der Waals surface area contributed by atoms with E-state index in [-0.39, 0.29) is 23.3 Å². The fourth-order valence-electron chi connectivity index (χ4n) is 3.03. The average molecular weight is 279 g/mol. The number of anilines is 1. The van der Waals surface area contributed by atoms with Crippen molar-refractivity contribution < 1.29 is 9.50 Å². The van der Waals surface area contributed by atoms with E-state index in [0.717, 1.165) is 32.6 Å². The lowest BCUT2D eigenvalue weighted by molar-refractivity contribution is 0.158. The number of aromatic hydroxyl groups is 1. The van der Waals surface area contributed by atoms with Gasteiger partial charge in [-0.3, -0.25) is 4.90 Å². The number of halogens is 1. The van der Waals surface area contributed by atoms with Crippen LogP contribution in [0.25, 0.3) is 0 Å². The topological polar surface area (TPSA) is 61.5 Å². The molecule has 2 fully saturated rings. The van der Waals surface area contributed by atoms with Crippen LogP contribution in [0.15, 0.2) is 12.1 Å². The van der Waals surface area contributed by atoms with Crippen molar-refractivity contribution in [1.29, 1.82) is 0 Å². The molecule has 1 heterocycles. The van der Waals surface area contributed by atoms with Gasteiger partial charge < -0.3 is 16.2 Å². The summed E-state index contributed by atoms with van der Waals surface area (Å²) in [4.78, 5) is 2.34. The van der Waals surface area contributed by atoms with Crippen molar-refractivity contribution in [3.8, 4) is 5.75 Å². The van der Waals surface area contributed by atoms with Crippen LogP contribution < -0.4 is 11.1 Å². The first-order valence-corrected chi connectivity index (χ1v) is 7.38.